The number of nitriles is 1. The summed E-state index contributed by atoms with van der Waals surface area (Å²) in [6, 6.07) is 18.9. The molecule has 6 heteroatoms. The molecular weight excluding hydrogens is 380 g/mol. The molecule has 0 atom stereocenters. The molecule has 0 amide bonds. The number of ether oxygens (including phenoxy) is 1. The van der Waals surface area contributed by atoms with E-state index in [9.17, 15) is 4.79 Å². The van der Waals surface area contributed by atoms with Gasteiger partial charge in [0, 0.05) is 18.2 Å². The van der Waals surface area contributed by atoms with E-state index in [-0.39, 0.29) is 5.57 Å². The highest BCUT2D eigenvalue weighted by atomic mass is 16.5. The minimum Gasteiger partial charge on any atom is -0.477 e. The molecular formula is C24H20N2O4. The highest BCUT2D eigenvalue weighted by Gasteiger charge is 2.24. The number of furan rings is 1. The summed E-state index contributed by atoms with van der Waals surface area (Å²) in [4.78, 5) is 13.3. The maximum absolute atomic E-state index is 11.0. The van der Waals surface area contributed by atoms with E-state index < -0.39 is 5.97 Å². The van der Waals surface area contributed by atoms with Gasteiger partial charge >= 0.3 is 5.97 Å². The van der Waals surface area contributed by atoms with Gasteiger partial charge in [-0.05, 0) is 48.9 Å². The highest BCUT2D eigenvalue weighted by molar-refractivity contribution is 5.96. The number of nitrogens with zero attached hydrogens (tertiary/aromatic N) is 2. The number of hydrogen-bond acceptors (Lipinski definition) is 5. The molecule has 0 bridgehead atoms. The first-order chi connectivity index (χ1) is 14.6. The van der Waals surface area contributed by atoms with Gasteiger partial charge in [-0.15, -0.1) is 0 Å². The monoisotopic (exact) mass is 400 g/mol. The van der Waals surface area contributed by atoms with Crippen molar-refractivity contribution in [3.05, 3.63) is 65.9 Å². The first kappa shape index (κ1) is 19.3. The van der Waals surface area contributed by atoms with E-state index in [1.165, 1.54) is 6.08 Å². The van der Waals surface area contributed by atoms with Crippen LogP contribution in [-0.2, 0) is 4.79 Å². The second-order valence-electron chi connectivity index (χ2n) is 6.93. The number of unbranched alkanes of at least 4 members (excludes halogenated alkanes) is 1. The number of carboxylic acid groups (broad SMARTS) is 1. The molecule has 0 fully saturated rings. The minimum atomic E-state index is -1.29. The van der Waals surface area contributed by atoms with Crippen LogP contribution in [0.1, 0.15) is 25.5 Å². The smallest absolute Gasteiger partial charge is 0.346 e. The number of rotatable bonds is 6. The normalized spacial score (nSPS) is 12.5. The number of anilines is 2. The molecule has 0 saturated heterocycles. The summed E-state index contributed by atoms with van der Waals surface area (Å²) in [6.45, 7) is 3.06. The van der Waals surface area contributed by atoms with Crippen molar-refractivity contribution in [3.63, 3.8) is 0 Å². The van der Waals surface area contributed by atoms with Crippen LogP contribution in [-0.4, -0.2) is 17.6 Å². The van der Waals surface area contributed by atoms with Gasteiger partial charge in [0.1, 0.15) is 23.2 Å². The van der Waals surface area contributed by atoms with Gasteiger partial charge in [0.05, 0.1) is 11.4 Å². The number of aliphatic carboxylic acids is 1. The molecule has 3 aromatic rings. The van der Waals surface area contributed by atoms with Gasteiger partial charge in [-0.3, -0.25) is 0 Å². The molecule has 6 nitrogen and oxygen atoms in total. The topological polar surface area (TPSA) is 86.7 Å². The predicted octanol–water partition coefficient (Wildman–Crippen LogP) is 5.98. The summed E-state index contributed by atoms with van der Waals surface area (Å²) in [5.74, 6) is 1.12. The average molecular weight is 400 g/mol. The van der Waals surface area contributed by atoms with Crippen LogP contribution in [0.15, 0.2) is 64.6 Å². The van der Waals surface area contributed by atoms with Gasteiger partial charge in [-0.2, -0.15) is 5.26 Å². The average Bonchev–Trinajstić information content (AvgIpc) is 3.23. The predicted molar refractivity (Wildman–Crippen MR) is 114 cm³/mol. The molecule has 0 unspecified atom stereocenters. The SMILES string of the molecule is CCCCN1c2ccccc2Oc2cc(-c3ccc(/C=C(\C#N)C(=O)O)o3)ccc21. The van der Waals surface area contributed by atoms with Crippen molar-refractivity contribution in [2.75, 3.05) is 11.4 Å². The van der Waals surface area contributed by atoms with Crippen LogP contribution in [0.5, 0.6) is 11.5 Å². The summed E-state index contributed by atoms with van der Waals surface area (Å²) >= 11 is 0. The van der Waals surface area contributed by atoms with Gasteiger partial charge in [-0.25, -0.2) is 4.79 Å². The molecule has 1 N–H and O–H groups in total. The van der Waals surface area contributed by atoms with E-state index in [1.807, 2.05) is 36.4 Å². The molecule has 1 aliphatic rings. The molecule has 0 aliphatic carbocycles. The Labute approximate surface area is 174 Å². The molecule has 30 heavy (non-hydrogen) atoms. The Morgan fingerprint density at radius 3 is 2.70 bits per heavy atom. The van der Waals surface area contributed by atoms with Crippen LogP contribution in [0.4, 0.5) is 11.4 Å². The van der Waals surface area contributed by atoms with Gasteiger partial charge in [0.25, 0.3) is 0 Å². The van der Waals surface area contributed by atoms with Crippen LogP contribution in [0.3, 0.4) is 0 Å². The number of fused-ring (bicyclic) bond motifs is 2. The van der Waals surface area contributed by atoms with E-state index in [0.717, 1.165) is 47.8 Å². The molecule has 150 valence electrons. The largest absolute Gasteiger partial charge is 0.477 e. The van der Waals surface area contributed by atoms with E-state index in [1.54, 1.807) is 18.2 Å². The zero-order valence-corrected chi connectivity index (χ0v) is 16.5. The molecule has 1 aliphatic heterocycles. The van der Waals surface area contributed by atoms with Gasteiger partial charge in [0.15, 0.2) is 11.5 Å². The minimum absolute atomic E-state index is 0.303. The molecule has 2 aromatic carbocycles. The maximum Gasteiger partial charge on any atom is 0.346 e. The lowest BCUT2D eigenvalue weighted by molar-refractivity contribution is -0.132. The third-order valence-corrected chi connectivity index (χ3v) is 4.91. The molecule has 0 radical (unpaired) electrons. The first-order valence-electron chi connectivity index (χ1n) is 9.74. The molecule has 1 aromatic heterocycles. The summed E-state index contributed by atoms with van der Waals surface area (Å²) in [5.41, 5.74) is 2.47. The van der Waals surface area contributed by atoms with E-state index in [0.29, 0.717) is 11.5 Å². The van der Waals surface area contributed by atoms with Crippen LogP contribution in [0.25, 0.3) is 17.4 Å². The lowest BCUT2D eigenvalue weighted by Crippen LogP contribution is -2.22. The Balaban J connectivity index is 1.69. The standard InChI is InChI=1S/C24H20N2O4/c1-2-3-12-26-19-6-4-5-7-22(19)30-23-14-16(8-10-20(23)26)21-11-9-18(29-21)13-17(15-25)24(27)28/h4-11,13-14H,2-3,12H2,1H3,(H,27,28)/b17-13+. The second kappa shape index (κ2) is 8.18. The van der Waals surface area contributed by atoms with E-state index in [4.69, 9.17) is 19.5 Å². The number of para-hydroxylation sites is 2. The second-order valence-corrected chi connectivity index (χ2v) is 6.93. The summed E-state index contributed by atoms with van der Waals surface area (Å²) in [5, 5.41) is 17.9. The van der Waals surface area contributed by atoms with Crippen molar-refractivity contribution in [1.82, 2.24) is 0 Å². The van der Waals surface area contributed by atoms with Crippen molar-refractivity contribution in [2.45, 2.75) is 19.8 Å². The Bertz CT molecular complexity index is 1170. The fourth-order valence-corrected chi connectivity index (χ4v) is 3.41. The van der Waals surface area contributed by atoms with Crippen LogP contribution in [0, 0.1) is 11.3 Å². The molecule has 4 rings (SSSR count). The van der Waals surface area contributed by atoms with Crippen molar-refractivity contribution in [1.29, 1.82) is 5.26 Å². The zero-order valence-electron chi connectivity index (χ0n) is 16.5. The molecule has 0 saturated carbocycles. The Morgan fingerprint density at radius 2 is 1.93 bits per heavy atom. The maximum atomic E-state index is 11.0. The Hall–Kier alpha value is -3.98. The lowest BCUT2D eigenvalue weighted by Gasteiger charge is -2.33. The summed E-state index contributed by atoms with van der Waals surface area (Å²) in [7, 11) is 0. The molecule has 2 heterocycles. The lowest BCUT2D eigenvalue weighted by atomic mass is 10.1. The number of carbonyl (C=O) groups is 1. The third-order valence-electron chi connectivity index (χ3n) is 4.91. The van der Waals surface area contributed by atoms with Crippen molar-refractivity contribution in [3.8, 4) is 28.9 Å². The quantitative estimate of drug-likeness (QED) is 0.404. The zero-order chi connectivity index (χ0) is 21.1. The van der Waals surface area contributed by atoms with Gasteiger partial charge in [0.2, 0.25) is 0 Å². The third kappa shape index (κ3) is 3.65. The van der Waals surface area contributed by atoms with E-state index >= 15 is 0 Å². The number of hydrogen-bond donors (Lipinski definition) is 1. The molecule has 0 spiro atoms. The Morgan fingerprint density at radius 1 is 1.13 bits per heavy atom. The summed E-state index contributed by atoms with van der Waals surface area (Å²) in [6.07, 6.45) is 3.37. The van der Waals surface area contributed by atoms with Crippen molar-refractivity contribution < 1.29 is 19.1 Å². The van der Waals surface area contributed by atoms with Crippen LogP contribution < -0.4 is 9.64 Å². The number of carboxylic acids is 1. The summed E-state index contributed by atoms with van der Waals surface area (Å²) < 4.78 is 11.9. The van der Waals surface area contributed by atoms with Crippen molar-refractivity contribution in [2.24, 2.45) is 0 Å². The fraction of sp³-hybridized carbons (Fsp3) is 0.167. The van der Waals surface area contributed by atoms with Crippen molar-refractivity contribution >= 4 is 23.4 Å². The van der Waals surface area contributed by atoms with Gasteiger partial charge < -0.3 is 19.2 Å². The fourth-order valence-electron chi connectivity index (χ4n) is 3.41. The highest BCUT2D eigenvalue weighted by Crippen LogP contribution is 2.47. The van der Waals surface area contributed by atoms with Crippen LogP contribution >= 0.6 is 0 Å². The number of benzene rings is 2. The first-order valence-corrected chi connectivity index (χ1v) is 9.74. The van der Waals surface area contributed by atoms with Crippen LogP contribution in [0.2, 0.25) is 0 Å². The van der Waals surface area contributed by atoms with Gasteiger partial charge in [-0.1, -0.05) is 25.5 Å². The van der Waals surface area contributed by atoms with E-state index in [2.05, 4.69) is 17.9 Å². The Kier molecular flexibility index (Phi) is 5.27.